The highest BCUT2D eigenvalue weighted by atomic mass is 35.5. The summed E-state index contributed by atoms with van der Waals surface area (Å²) >= 11 is 6.84. The number of anilines is 1. The lowest BCUT2D eigenvalue weighted by atomic mass is 10.0. The first-order valence-corrected chi connectivity index (χ1v) is 8.69. The standard InChI is InChI=1S/C16H14ClN3O3S/c17-11-8-18-16(19-14(11)15(22)23)24-9-13(21)20-7-3-5-10-4-1-2-6-12(10)20/h1-2,4,6,8H,3,5,7,9H2,(H,22,23). The zero-order valence-electron chi connectivity index (χ0n) is 12.6. The summed E-state index contributed by atoms with van der Waals surface area (Å²) in [4.78, 5) is 33.2. The molecule has 0 atom stereocenters. The molecule has 2 heterocycles. The number of benzene rings is 1. The van der Waals surface area contributed by atoms with Crippen molar-refractivity contribution in [1.29, 1.82) is 0 Å². The molecule has 2 aromatic rings. The number of carboxylic acid groups (broad SMARTS) is 1. The number of aryl methyl sites for hydroxylation is 1. The second-order valence-corrected chi connectivity index (χ2v) is 6.57. The monoisotopic (exact) mass is 363 g/mol. The van der Waals surface area contributed by atoms with Crippen molar-refractivity contribution in [3.8, 4) is 0 Å². The number of aromatic carboxylic acids is 1. The van der Waals surface area contributed by atoms with Crippen LogP contribution in [-0.2, 0) is 11.2 Å². The normalized spacial score (nSPS) is 13.5. The van der Waals surface area contributed by atoms with Crippen LogP contribution in [0.15, 0.2) is 35.6 Å². The van der Waals surface area contributed by atoms with E-state index < -0.39 is 5.97 Å². The van der Waals surface area contributed by atoms with Crippen LogP contribution in [0.25, 0.3) is 0 Å². The average Bonchev–Trinajstić information content (AvgIpc) is 2.60. The van der Waals surface area contributed by atoms with Crippen molar-refractivity contribution in [2.24, 2.45) is 0 Å². The van der Waals surface area contributed by atoms with Crippen molar-refractivity contribution in [2.75, 3.05) is 17.2 Å². The highest BCUT2D eigenvalue weighted by molar-refractivity contribution is 7.99. The van der Waals surface area contributed by atoms with Gasteiger partial charge in [0.1, 0.15) is 0 Å². The van der Waals surface area contributed by atoms with Gasteiger partial charge in [0, 0.05) is 12.2 Å². The molecule has 0 aliphatic carbocycles. The molecule has 124 valence electrons. The number of fused-ring (bicyclic) bond motifs is 1. The molecular weight excluding hydrogens is 350 g/mol. The Morgan fingerprint density at radius 3 is 2.92 bits per heavy atom. The second-order valence-electron chi connectivity index (χ2n) is 5.22. The molecule has 0 saturated heterocycles. The van der Waals surface area contributed by atoms with Gasteiger partial charge in [0.15, 0.2) is 10.9 Å². The lowest BCUT2D eigenvalue weighted by molar-refractivity contribution is -0.116. The third kappa shape index (κ3) is 3.52. The molecule has 1 aromatic heterocycles. The quantitative estimate of drug-likeness (QED) is 0.664. The maximum atomic E-state index is 12.5. The van der Waals surface area contributed by atoms with E-state index in [2.05, 4.69) is 9.97 Å². The summed E-state index contributed by atoms with van der Waals surface area (Å²) < 4.78 is 0. The number of carboxylic acids is 1. The highest BCUT2D eigenvalue weighted by Crippen LogP contribution is 2.28. The van der Waals surface area contributed by atoms with Gasteiger partial charge in [0.05, 0.1) is 17.0 Å². The van der Waals surface area contributed by atoms with Gasteiger partial charge in [-0.3, -0.25) is 4.79 Å². The third-order valence-electron chi connectivity index (χ3n) is 3.66. The van der Waals surface area contributed by atoms with Gasteiger partial charge in [-0.15, -0.1) is 0 Å². The van der Waals surface area contributed by atoms with Crippen molar-refractivity contribution in [1.82, 2.24) is 9.97 Å². The van der Waals surface area contributed by atoms with Gasteiger partial charge >= 0.3 is 5.97 Å². The predicted octanol–water partition coefficient (Wildman–Crippen LogP) is 2.90. The lowest BCUT2D eigenvalue weighted by Gasteiger charge is -2.29. The largest absolute Gasteiger partial charge is 0.476 e. The van der Waals surface area contributed by atoms with Crippen LogP contribution in [0.1, 0.15) is 22.5 Å². The fourth-order valence-electron chi connectivity index (χ4n) is 2.57. The van der Waals surface area contributed by atoms with Crippen LogP contribution < -0.4 is 4.90 Å². The zero-order chi connectivity index (χ0) is 17.1. The van der Waals surface area contributed by atoms with Crippen LogP contribution in [-0.4, -0.2) is 39.2 Å². The number of carbonyl (C=O) groups excluding carboxylic acids is 1. The predicted molar refractivity (Wildman–Crippen MR) is 91.8 cm³/mol. The first kappa shape index (κ1) is 16.7. The van der Waals surface area contributed by atoms with E-state index in [4.69, 9.17) is 16.7 Å². The first-order chi connectivity index (χ1) is 11.6. The van der Waals surface area contributed by atoms with Gasteiger partial charge < -0.3 is 10.0 Å². The van der Waals surface area contributed by atoms with E-state index in [1.165, 1.54) is 6.20 Å². The van der Waals surface area contributed by atoms with Crippen LogP contribution in [0.4, 0.5) is 5.69 Å². The number of carbonyl (C=O) groups is 2. The van der Waals surface area contributed by atoms with Crippen LogP contribution in [0, 0.1) is 0 Å². The summed E-state index contributed by atoms with van der Waals surface area (Å²) in [5.74, 6) is -1.14. The van der Waals surface area contributed by atoms with E-state index in [9.17, 15) is 9.59 Å². The number of hydrogen-bond donors (Lipinski definition) is 1. The van der Waals surface area contributed by atoms with Gasteiger partial charge in [-0.1, -0.05) is 41.6 Å². The molecule has 6 nitrogen and oxygen atoms in total. The van der Waals surface area contributed by atoms with Crippen molar-refractivity contribution in [2.45, 2.75) is 18.0 Å². The molecule has 0 bridgehead atoms. The molecular formula is C16H14ClN3O3S. The smallest absolute Gasteiger partial charge is 0.356 e. The number of para-hydroxylation sites is 1. The van der Waals surface area contributed by atoms with Gasteiger partial charge in [-0.05, 0) is 24.5 Å². The van der Waals surface area contributed by atoms with E-state index in [1.807, 2.05) is 24.3 Å². The SMILES string of the molecule is O=C(O)c1nc(SCC(=O)N2CCCc3ccccc32)ncc1Cl. The molecule has 0 fully saturated rings. The topological polar surface area (TPSA) is 83.4 Å². The van der Waals surface area contributed by atoms with Crippen molar-refractivity contribution in [3.05, 3.63) is 46.7 Å². The van der Waals surface area contributed by atoms with Crippen LogP contribution in [0.5, 0.6) is 0 Å². The molecule has 3 rings (SSSR count). The summed E-state index contributed by atoms with van der Waals surface area (Å²) in [5, 5.41) is 9.21. The number of thioether (sulfide) groups is 1. The Kier molecular flexibility index (Phi) is 5.01. The van der Waals surface area contributed by atoms with Crippen molar-refractivity contribution < 1.29 is 14.7 Å². The summed E-state index contributed by atoms with van der Waals surface area (Å²) in [6.45, 7) is 0.679. The average molecular weight is 364 g/mol. The van der Waals surface area contributed by atoms with Crippen molar-refractivity contribution >= 4 is 40.9 Å². The minimum absolute atomic E-state index is 0.0249. The van der Waals surface area contributed by atoms with Crippen molar-refractivity contribution in [3.63, 3.8) is 0 Å². The van der Waals surface area contributed by atoms with Gasteiger partial charge in [-0.2, -0.15) is 0 Å². The Labute approximate surface area is 147 Å². The molecule has 0 saturated carbocycles. The minimum Gasteiger partial charge on any atom is -0.476 e. The van der Waals surface area contributed by atoms with Gasteiger partial charge in [-0.25, -0.2) is 14.8 Å². The number of aromatic nitrogens is 2. The fourth-order valence-corrected chi connectivity index (χ4v) is 3.43. The molecule has 1 aromatic carbocycles. The van der Waals surface area contributed by atoms with E-state index >= 15 is 0 Å². The Morgan fingerprint density at radius 2 is 2.12 bits per heavy atom. The Hall–Kier alpha value is -2.12. The molecule has 1 aliphatic rings. The summed E-state index contributed by atoms with van der Waals surface area (Å²) in [7, 11) is 0. The maximum absolute atomic E-state index is 12.5. The molecule has 1 N–H and O–H groups in total. The molecule has 0 unspecified atom stereocenters. The number of amides is 1. The van der Waals surface area contributed by atoms with E-state index in [1.54, 1.807) is 4.90 Å². The summed E-state index contributed by atoms with van der Waals surface area (Å²) in [6, 6.07) is 7.86. The fraction of sp³-hybridized carbons (Fsp3) is 0.250. The lowest BCUT2D eigenvalue weighted by Crippen LogP contribution is -2.36. The summed E-state index contributed by atoms with van der Waals surface area (Å²) in [6.07, 6.45) is 3.13. The maximum Gasteiger partial charge on any atom is 0.356 e. The first-order valence-electron chi connectivity index (χ1n) is 7.33. The highest BCUT2D eigenvalue weighted by Gasteiger charge is 2.22. The van der Waals surface area contributed by atoms with E-state index in [0.29, 0.717) is 6.54 Å². The van der Waals surface area contributed by atoms with E-state index in [-0.39, 0.29) is 27.5 Å². The van der Waals surface area contributed by atoms with Crippen LogP contribution in [0.2, 0.25) is 5.02 Å². The molecule has 1 aliphatic heterocycles. The zero-order valence-corrected chi connectivity index (χ0v) is 14.2. The Morgan fingerprint density at radius 1 is 1.33 bits per heavy atom. The Bertz CT molecular complexity index is 800. The second kappa shape index (κ2) is 7.19. The molecule has 0 spiro atoms. The van der Waals surface area contributed by atoms with Gasteiger partial charge in [0.2, 0.25) is 5.91 Å². The van der Waals surface area contributed by atoms with Gasteiger partial charge in [0.25, 0.3) is 0 Å². The number of halogens is 1. The minimum atomic E-state index is -1.22. The molecule has 1 amide bonds. The van der Waals surface area contributed by atoms with E-state index in [0.717, 1.165) is 35.9 Å². The van der Waals surface area contributed by atoms with Crippen LogP contribution in [0.3, 0.4) is 0 Å². The number of nitrogens with zero attached hydrogens (tertiary/aromatic N) is 3. The van der Waals surface area contributed by atoms with Crippen LogP contribution >= 0.6 is 23.4 Å². The molecule has 24 heavy (non-hydrogen) atoms. The third-order valence-corrected chi connectivity index (χ3v) is 4.78. The number of rotatable bonds is 4. The number of hydrogen-bond acceptors (Lipinski definition) is 5. The Balaban J connectivity index is 1.71. The summed E-state index contributed by atoms with van der Waals surface area (Å²) in [5.41, 5.74) is 1.85. The molecule has 0 radical (unpaired) electrons. The molecule has 8 heteroatoms.